The molecule has 60 heavy (non-hydrogen) atoms. The van der Waals surface area contributed by atoms with E-state index in [0.29, 0.717) is 30.8 Å². The van der Waals surface area contributed by atoms with Gasteiger partial charge in [0.1, 0.15) is 36.1 Å². The summed E-state index contributed by atoms with van der Waals surface area (Å²) >= 11 is 0. The number of H-pyrrole nitrogens is 2. The average Bonchev–Trinajstić information content (AvgIpc) is 3.67. The number of alkyl carbamates (subject to hydrolysis) is 2. The summed E-state index contributed by atoms with van der Waals surface area (Å²) in [5.74, 6) is 2.49. The zero-order valence-electron chi connectivity index (χ0n) is 35.0. The highest BCUT2D eigenvalue weighted by atomic mass is 16.5. The van der Waals surface area contributed by atoms with E-state index in [9.17, 15) is 19.2 Å². The third-order valence-electron chi connectivity index (χ3n) is 13.0. The van der Waals surface area contributed by atoms with E-state index in [1.807, 2.05) is 56.7 Å². The molecule has 2 unspecified atom stereocenters. The number of ether oxygens (including phenoxy) is 3. The molecule has 1 aliphatic carbocycles. The quantitative estimate of drug-likeness (QED) is 0.122. The van der Waals surface area contributed by atoms with Crippen molar-refractivity contribution in [2.75, 3.05) is 20.8 Å². The molecule has 5 aromatic rings. The van der Waals surface area contributed by atoms with E-state index in [2.05, 4.69) is 57.0 Å². The first kappa shape index (κ1) is 39.3. The van der Waals surface area contributed by atoms with Crippen molar-refractivity contribution in [1.82, 2.24) is 40.4 Å². The number of piperidine rings is 1. The van der Waals surface area contributed by atoms with Crippen LogP contribution in [0.3, 0.4) is 0 Å². The van der Waals surface area contributed by atoms with Crippen LogP contribution in [-0.2, 0) is 25.7 Å². The maximum Gasteiger partial charge on any atom is 0.407 e. The monoisotopic (exact) mass is 816 g/mol. The van der Waals surface area contributed by atoms with E-state index in [1.165, 1.54) is 14.2 Å². The number of hydrogen-bond acceptors (Lipinski definition) is 9. The van der Waals surface area contributed by atoms with Gasteiger partial charge in [0.15, 0.2) is 0 Å². The molecule has 1 saturated carbocycles. The number of hydrogen-bond donors (Lipinski definition) is 4. The van der Waals surface area contributed by atoms with Crippen LogP contribution in [0.15, 0.2) is 48.7 Å². The van der Waals surface area contributed by atoms with Crippen molar-refractivity contribution >= 4 is 45.8 Å². The molecule has 9 rings (SSSR count). The zero-order chi connectivity index (χ0) is 42.1. The number of aromatic nitrogens is 4. The summed E-state index contributed by atoms with van der Waals surface area (Å²) in [6.45, 7) is 10.7. The molecule has 3 fully saturated rings. The first-order chi connectivity index (χ1) is 28.8. The standard InChI is InChI=1S/C45H52N8O7/c1-21(2)36(50-44(56)58-6)42(54)52-19-26-16-30(26)39(52)41-46-18-33(48-41)25-9-11-28-27(14-25)20-60-35-17-29-24(15-31(28)35)10-12-32-38(29)49-40(47-32)34-13-8-23(5)53(34)43(55)37(22(3)4)51-45(57)59-7/h9-12,14-15,17-18,21-23,26,30,34,36-37,39H,8,13,16,19-20H2,1-7H3,(H,46,48)(H,47,49)(H,50,56)(H,51,57)/t23-,26+,30+,34?,36-,37-,39?/m0/s1. The van der Waals surface area contributed by atoms with Crippen LogP contribution in [0.4, 0.5) is 9.59 Å². The number of imidazole rings is 2. The summed E-state index contributed by atoms with van der Waals surface area (Å²) in [6, 6.07) is 12.8. The van der Waals surface area contributed by atoms with Gasteiger partial charge in [0.25, 0.3) is 0 Å². The number of carbonyl (C=O) groups is 4. The van der Waals surface area contributed by atoms with Crippen molar-refractivity contribution < 1.29 is 33.4 Å². The Morgan fingerprint density at radius 1 is 0.867 bits per heavy atom. The van der Waals surface area contributed by atoms with Gasteiger partial charge in [0.2, 0.25) is 11.8 Å². The van der Waals surface area contributed by atoms with E-state index < -0.39 is 24.3 Å². The van der Waals surface area contributed by atoms with Gasteiger partial charge >= 0.3 is 12.2 Å². The minimum absolute atomic E-state index is 0.0239. The van der Waals surface area contributed by atoms with E-state index in [-0.39, 0.29) is 41.8 Å². The molecule has 15 nitrogen and oxygen atoms in total. The Balaban J connectivity index is 0.970. The summed E-state index contributed by atoms with van der Waals surface area (Å²) in [5, 5.41) is 7.44. The molecule has 2 aromatic heterocycles. The number of likely N-dealkylation sites (tertiary alicyclic amines) is 2. The fourth-order valence-electron chi connectivity index (χ4n) is 9.67. The van der Waals surface area contributed by atoms with Crippen LogP contribution in [0.2, 0.25) is 0 Å². The highest BCUT2D eigenvalue weighted by molar-refractivity contribution is 6.07. The van der Waals surface area contributed by atoms with Crippen LogP contribution >= 0.6 is 0 Å². The molecule has 314 valence electrons. The van der Waals surface area contributed by atoms with Crippen molar-refractivity contribution in [3.63, 3.8) is 0 Å². The third kappa shape index (κ3) is 6.77. The Kier molecular flexibility index (Phi) is 9.94. The molecule has 2 saturated heterocycles. The Morgan fingerprint density at radius 2 is 1.60 bits per heavy atom. The molecular weight excluding hydrogens is 765 g/mol. The molecule has 0 radical (unpaired) electrons. The first-order valence-corrected chi connectivity index (χ1v) is 20.9. The summed E-state index contributed by atoms with van der Waals surface area (Å²) in [5.41, 5.74) is 6.64. The van der Waals surface area contributed by atoms with Crippen LogP contribution in [0.5, 0.6) is 5.75 Å². The van der Waals surface area contributed by atoms with E-state index >= 15 is 0 Å². The topological polar surface area (TPSA) is 184 Å². The van der Waals surface area contributed by atoms with Gasteiger partial charge in [-0.1, -0.05) is 45.9 Å². The molecule has 0 bridgehead atoms. The van der Waals surface area contributed by atoms with Crippen molar-refractivity contribution in [2.24, 2.45) is 23.7 Å². The number of nitrogens with one attached hydrogen (secondary N) is 4. The van der Waals surface area contributed by atoms with Crippen molar-refractivity contribution in [2.45, 2.75) is 90.7 Å². The number of fused-ring (bicyclic) bond motifs is 7. The lowest BCUT2D eigenvalue weighted by atomic mass is 9.92. The van der Waals surface area contributed by atoms with Crippen LogP contribution in [-0.4, -0.2) is 92.6 Å². The van der Waals surface area contributed by atoms with Crippen molar-refractivity contribution in [3.8, 4) is 28.1 Å². The van der Waals surface area contributed by atoms with Gasteiger partial charge in [-0.2, -0.15) is 0 Å². The average molecular weight is 817 g/mol. The Morgan fingerprint density at radius 3 is 2.32 bits per heavy atom. The molecule has 3 aliphatic heterocycles. The minimum atomic E-state index is -0.724. The van der Waals surface area contributed by atoms with Crippen molar-refractivity contribution in [1.29, 1.82) is 0 Å². The van der Waals surface area contributed by atoms with Crippen molar-refractivity contribution in [3.05, 3.63) is 65.9 Å². The second kappa shape index (κ2) is 15.2. The van der Waals surface area contributed by atoms with Crippen LogP contribution in [0.25, 0.3) is 44.2 Å². The number of nitrogens with zero attached hydrogens (tertiary/aromatic N) is 4. The lowest BCUT2D eigenvalue weighted by Crippen LogP contribution is -2.52. The smallest absolute Gasteiger partial charge is 0.407 e. The maximum absolute atomic E-state index is 14.0. The molecule has 0 spiro atoms. The van der Waals surface area contributed by atoms with Gasteiger partial charge in [0, 0.05) is 23.5 Å². The number of benzene rings is 3. The number of aromatic amines is 2. The molecule has 5 heterocycles. The lowest BCUT2D eigenvalue weighted by molar-refractivity contribution is -0.137. The number of carbonyl (C=O) groups excluding carboxylic acids is 4. The fourth-order valence-corrected chi connectivity index (χ4v) is 9.67. The number of methoxy groups -OCH3 is 2. The molecular formula is C45H52N8O7. The van der Waals surface area contributed by atoms with Crippen LogP contribution < -0.4 is 15.4 Å². The zero-order valence-corrected chi connectivity index (χ0v) is 35.0. The number of rotatable bonds is 9. The Hall–Kier alpha value is -6.12. The summed E-state index contributed by atoms with van der Waals surface area (Å²) in [6.07, 6.45) is 3.20. The molecule has 15 heteroatoms. The second-order valence-electron chi connectivity index (χ2n) is 17.5. The predicted octanol–water partition coefficient (Wildman–Crippen LogP) is 7.00. The minimum Gasteiger partial charge on any atom is -0.488 e. The molecule has 4 aliphatic rings. The predicted molar refractivity (Wildman–Crippen MR) is 224 cm³/mol. The van der Waals surface area contributed by atoms with E-state index in [4.69, 9.17) is 24.2 Å². The maximum atomic E-state index is 14.0. The molecule has 4 amide bonds. The highest BCUT2D eigenvalue weighted by Crippen LogP contribution is 2.56. The fraction of sp³-hybridized carbons (Fsp3) is 0.467. The lowest BCUT2D eigenvalue weighted by Gasteiger charge is -2.32. The normalized spacial score (nSPS) is 22.6. The molecule has 3 aromatic carbocycles. The largest absolute Gasteiger partial charge is 0.488 e. The number of amides is 4. The Labute approximate surface area is 347 Å². The third-order valence-corrected chi connectivity index (χ3v) is 13.0. The van der Waals surface area contributed by atoms with Gasteiger partial charge in [-0.3, -0.25) is 9.59 Å². The van der Waals surface area contributed by atoms with Gasteiger partial charge in [-0.15, -0.1) is 0 Å². The van der Waals surface area contributed by atoms with Gasteiger partial charge in [-0.25, -0.2) is 19.6 Å². The molecule has 7 atom stereocenters. The van der Waals surface area contributed by atoms with Gasteiger partial charge in [0.05, 0.1) is 49.2 Å². The summed E-state index contributed by atoms with van der Waals surface area (Å²) < 4.78 is 16.1. The highest BCUT2D eigenvalue weighted by Gasteiger charge is 2.56. The second-order valence-corrected chi connectivity index (χ2v) is 17.5. The van der Waals surface area contributed by atoms with Gasteiger partial charge < -0.3 is 44.6 Å². The summed E-state index contributed by atoms with van der Waals surface area (Å²) in [4.78, 5) is 72.7. The summed E-state index contributed by atoms with van der Waals surface area (Å²) in [7, 11) is 2.59. The Bertz CT molecular complexity index is 2530. The first-order valence-electron chi connectivity index (χ1n) is 20.9. The SMILES string of the molecule is COC(=O)N[C@H](C(=O)N1C[C@H]2C[C@H]2C1c1ncc(-c2ccc3c(c2)COc2cc4c(ccc5[nH]c(C6CC[C@H](C)N6C(=O)[C@@H](NC(=O)OC)C(C)C)nc54)cc2-3)[nH]1)C(C)C. The van der Waals surface area contributed by atoms with E-state index in [1.54, 1.807) is 0 Å². The van der Waals surface area contributed by atoms with Crippen LogP contribution in [0, 0.1) is 23.7 Å². The van der Waals surface area contributed by atoms with Gasteiger partial charge in [-0.05, 0) is 96.2 Å². The molecule has 4 N–H and O–H groups in total. The van der Waals surface area contributed by atoms with Crippen LogP contribution in [0.1, 0.15) is 83.2 Å². The van der Waals surface area contributed by atoms with E-state index in [0.717, 1.165) is 80.6 Å².